The third-order valence-corrected chi connectivity index (χ3v) is 5.32. The highest BCUT2D eigenvalue weighted by molar-refractivity contribution is 5.93. The molecule has 4 aromatic rings. The van der Waals surface area contributed by atoms with E-state index in [9.17, 15) is 9.90 Å². The van der Waals surface area contributed by atoms with Crippen molar-refractivity contribution < 1.29 is 19.4 Å². The van der Waals surface area contributed by atoms with Crippen molar-refractivity contribution in [1.82, 2.24) is 0 Å². The van der Waals surface area contributed by atoms with Gasteiger partial charge in [-0.15, -0.1) is 0 Å². The smallest absolute Gasteiger partial charge is 0.328 e. The molecule has 31 heavy (non-hydrogen) atoms. The van der Waals surface area contributed by atoms with E-state index in [-0.39, 0.29) is 6.79 Å². The minimum atomic E-state index is -0.926. The molecule has 4 rings (SSSR count). The van der Waals surface area contributed by atoms with Gasteiger partial charge in [-0.2, -0.15) is 0 Å². The molecule has 0 amide bonds. The van der Waals surface area contributed by atoms with Crippen molar-refractivity contribution >= 4 is 33.1 Å². The second-order valence-corrected chi connectivity index (χ2v) is 7.46. The van der Waals surface area contributed by atoms with Gasteiger partial charge in [0.05, 0.1) is 0 Å². The Kier molecular flexibility index (Phi) is 6.29. The van der Waals surface area contributed by atoms with Crippen molar-refractivity contribution in [3.63, 3.8) is 0 Å². The van der Waals surface area contributed by atoms with Gasteiger partial charge in [-0.1, -0.05) is 60.7 Å². The SMILES string of the molecule is COCOc1ccc2cc(CC/C(=C/C(=O)O)c3ccc4ccccc4c3)ccc2c1. The van der Waals surface area contributed by atoms with E-state index in [1.54, 1.807) is 7.11 Å². The molecule has 0 atom stereocenters. The minimum absolute atomic E-state index is 0.219. The first-order valence-electron chi connectivity index (χ1n) is 10.2. The van der Waals surface area contributed by atoms with Gasteiger partial charge in [0, 0.05) is 13.2 Å². The molecule has 0 aromatic heterocycles. The quantitative estimate of drug-likeness (QED) is 0.282. The van der Waals surface area contributed by atoms with Crippen LogP contribution in [0.2, 0.25) is 0 Å². The van der Waals surface area contributed by atoms with E-state index >= 15 is 0 Å². The number of rotatable bonds is 8. The number of carboxylic acids is 1. The van der Waals surface area contributed by atoms with Crippen LogP contribution >= 0.6 is 0 Å². The second kappa shape index (κ2) is 9.45. The van der Waals surface area contributed by atoms with Gasteiger partial charge in [-0.05, 0) is 69.3 Å². The second-order valence-electron chi connectivity index (χ2n) is 7.46. The van der Waals surface area contributed by atoms with Crippen LogP contribution in [0.5, 0.6) is 5.75 Å². The average molecular weight is 412 g/mol. The average Bonchev–Trinajstić information content (AvgIpc) is 2.79. The predicted molar refractivity (Wildman–Crippen MR) is 124 cm³/mol. The molecule has 4 heteroatoms. The summed E-state index contributed by atoms with van der Waals surface area (Å²) >= 11 is 0. The molecule has 0 saturated carbocycles. The van der Waals surface area contributed by atoms with Crippen LogP contribution in [0.3, 0.4) is 0 Å². The third kappa shape index (κ3) is 5.11. The highest BCUT2D eigenvalue weighted by atomic mass is 16.7. The van der Waals surface area contributed by atoms with Gasteiger partial charge in [0.2, 0.25) is 0 Å². The molecule has 0 saturated heterocycles. The van der Waals surface area contributed by atoms with Gasteiger partial charge in [-0.25, -0.2) is 4.79 Å². The Balaban J connectivity index is 1.55. The molecule has 0 aliphatic carbocycles. The highest BCUT2D eigenvalue weighted by Crippen LogP contribution is 2.27. The van der Waals surface area contributed by atoms with Crippen molar-refractivity contribution in [2.24, 2.45) is 0 Å². The van der Waals surface area contributed by atoms with Crippen LogP contribution in [0.25, 0.3) is 27.1 Å². The fourth-order valence-corrected chi connectivity index (χ4v) is 3.76. The molecule has 0 fully saturated rings. The number of ether oxygens (including phenoxy) is 2. The van der Waals surface area contributed by atoms with E-state index in [0.29, 0.717) is 6.42 Å². The molecule has 0 aliphatic heterocycles. The molecule has 1 N–H and O–H groups in total. The summed E-state index contributed by atoms with van der Waals surface area (Å²) in [5.41, 5.74) is 2.93. The Morgan fingerprint density at radius 2 is 1.58 bits per heavy atom. The van der Waals surface area contributed by atoms with E-state index in [2.05, 4.69) is 30.3 Å². The van der Waals surface area contributed by atoms with Gasteiger partial charge in [0.15, 0.2) is 6.79 Å². The van der Waals surface area contributed by atoms with Gasteiger partial charge < -0.3 is 14.6 Å². The van der Waals surface area contributed by atoms with Crippen molar-refractivity contribution in [2.75, 3.05) is 13.9 Å². The van der Waals surface area contributed by atoms with Crippen molar-refractivity contribution in [2.45, 2.75) is 12.8 Å². The lowest BCUT2D eigenvalue weighted by Gasteiger charge is -2.10. The van der Waals surface area contributed by atoms with Gasteiger partial charge in [0.25, 0.3) is 0 Å². The molecule has 0 aliphatic rings. The number of carbonyl (C=O) groups is 1. The van der Waals surface area contributed by atoms with Crippen LogP contribution in [0.1, 0.15) is 17.5 Å². The zero-order valence-corrected chi connectivity index (χ0v) is 17.4. The summed E-state index contributed by atoms with van der Waals surface area (Å²) in [5.74, 6) is -0.157. The number of benzene rings is 4. The van der Waals surface area contributed by atoms with Gasteiger partial charge in [-0.3, -0.25) is 0 Å². The topological polar surface area (TPSA) is 55.8 Å². The number of fused-ring (bicyclic) bond motifs is 2. The summed E-state index contributed by atoms with van der Waals surface area (Å²) in [6.45, 7) is 0.219. The Hall–Kier alpha value is -3.63. The predicted octanol–water partition coefficient (Wildman–Crippen LogP) is 6.08. The molecule has 0 bridgehead atoms. The lowest BCUT2D eigenvalue weighted by atomic mass is 9.95. The summed E-state index contributed by atoms with van der Waals surface area (Å²) in [6, 6.07) is 26.4. The number of allylic oxidation sites excluding steroid dienone is 1. The maximum Gasteiger partial charge on any atom is 0.328 e. The van der Waals surface area contributed by atoms with E-state index < -0.39 is 5.97 Å². The zero-order valence-electron chi connectivity index (χ0n) is 17.4. The standard InChI is InChI=1S/C27H24O4/c1-30-18-31-26-13-12-22-14-19(6-8-24(22)16-26)7-9-25(17-27(28)29)23-11-10-20-4-2-3-5-21(20)15-23/h2-6,8,10-17H,7,9,18H2,1H3,(H,28,29)/b25-17-. The molecule has 0 spiro atoms. The largest absolute Gasteiger partial charge is 0.478 e. The van der Waals surface area contributed by atoms with Gasteiger partial charge in [0.1, 0.15) is 5.75 Å². The summed E-state index contributed by atoms with van der Waals surface area (Å²) in [7, 11) is 1.60. The molecule has 4 aromatic carbocycles. The molecule has 0 radical (unpaired) electrons. The van der Waals surface area contributed by atoms with E-state index in [1.165, 1.54) is 6.08 Å². The summed E-state index contributed by atoms with van der Waals surface area (Å²) in [6.07, 6.45) is 2.72. The van der Waals surface area contributed by atoms with Crippen LogP contribution in [0.4, 0.5) is 0 Å². The molecule has 156 valence electrons. The van der Waals surface area contributed by atoms with Crippen molar-refractivity contribution in [3.05, 3.63) is 96.1 Å². The van der Waals surface area contributed by atoms with E-state index in [4.69, 9.17) is 9.47 Å². The van der Waals surface area contributed by atoms with E-state index in [1.807, 2.05) is 48.5 Å². The number of carboxylic acid groups (broad SMARTS) is 1. The Morgan fingerprint density at radius 1 is 0.871 bits per heavy atom. The van der Waals surface area contributed by atoms with Crippen LogP contribution in [0, 0.1) is 0 Å². The normalized spacial score (nSPS) is 11.7. The first-order valence-corrected chi connectivity index (χ1v) is 10.2. The summed E-state index contributed by atoms with van der Waals surface area (Å²) < 4.78 is 10.5. The number of aliphatic carboxylic acids is 1. The van der Waals surface area contributed by atoms with Crippen molar-refractivity contribution in [1.29, 1.82) is 0 Å². The van der Waals surface area contributed by atoms with Crippen molar-refractivity contribution in [3.8, 4) is 5.75 Å². The highest BCUT2D eigenvalue weighted by Gasteiger charge is 2.08. The lowest BCUT2D eigenvalue weighted by molar-refractivity contribution is -0.131. The van der Waals surface area contributed by atoms with Crippen LogP contribution in [-0.2, 0) is 16.0 Å². The van der Waals surface area contributed by atoms with E-state index in [0.717, 1.165) is 50.4 Å². The summed E-state index contributed by atoms with van der Waals surface area (Å²) in [5, 5.41) is 13.8. The van der Waals surface area contributed by atoms with Crippen LogP contribution in [-0.4, -0.2) is 25.0 Å². The van der Waals surface area contributed by atoms with Crippen LogP contribution in [0.15, 0.2) is 84.9 Å². The fraction of sp³-hybridized carbons (Fsp3) is 0.148. The Bertz CT molecular complexity index is 1260. The van der Waals surface area contributed by atoms with Gasteiger partial charge >= 0.3 is 5.97 Å². The minimum Gasteiger partial charge on any atom is -0.478 e. The number of aryl methyl sites for hydroxylation is 1. The Morgan fingerprint density at radius 3 is 2.39 bits per heavy atom. The lowest BCUT2D eigenvalue weighted by Crippen LogP contribution is -1.98. The number of methoxy groups -OCH3 is 1. The molecule has 0 unspecified atom stereocenters. The first kappa shape index (κ1) is 20.6. The number of hydrogen-bond donors (Lipinski definition) is 1. The molecule has 4 nitrogen and oxygen atoms in total. The monoisotopic (exact) mass is 412 g/mol. The molecular formula is C27H24O4. The molecule has 0 heterocycles. The molecular weight excluding hydrogens is 388 g/mol. The fourth-order valence-electron chi connectivity index (χ4n) is 3.76. The maximum atomic E-state index is 11.4. The summed E-state index contributed by atoms with van der Waals surface area (Å²) in [4.78, 5) is 11.4. The number of hydrogen-bond acceptors (Lipinski definition) is 3. The van der Waals surface area contributed by atoms with Crippen LogP contribution < -0.4 is 4.74 Å². The third-order valence-electron chi connectivity index (χ3n) is 5.32. The first-order chi connectivity index (χ1) is 15.1. The zero-order chi connectivity index (χ0) is 21.6. The Labute approximate surface area is 181 Å². The maximum absolute atomic E-state index is 11.4.